The number of hydrogen-bond acceptors (Lipinski definition) is 4. The van der Waals surface area contributed by atoms with Gasteiger partial charge in [0.15, 0.2) is 0 Å². The van der Waals surface area contributed by atoms with Crippen LogP contribution in [0.25, 0.3) is 0 Å². The van der Waals surface area contributed by atoms with E-state index < -0.39 is 17.1 Å². The minimum atomic E-state index is -3.05. The van der Waals surface area contributed by atoms with E-state index in [-0.39, 0.29) is 11.1 Å². The Hall–Kier alpha value is -4.27. The molecule has 0 aromatic heterocycles. The molecule has 0 spiro atoms. The molecule has 0 saturated carbocycles. The monoisotopic (exact) mass is 590 g/mol. The van der Waals surface area contributed by atoms with Crippen molar-refractivity contribution in [1.82, 2.24) is 0 Å². The van der Waals surface area contributed by atoms with Gasteiger partial charge in [-0.2, -0.15) is 0 Å². The van der Waals surface area contributed by atoms with Crippen LogP contribution in [0.15, 0.2) is 146 Å². The van der Waals surface area contributed by atoms with Gasteiger partial charge >= 0.3 is 17.1 Å². The van der Waals surface area contributed by atoms with E-state index in [1.54, 1.807) is 0 Å². The Kier molecular flexibility index (Phi) is 9.15. The lowest BCUT2D eigenvalue weighted by atomic mass is 10.3. The molecule has 214 valence electrons. The van der Waals surface area contributed by atoms with Gasteiger partial charge in [-0.1, -0.05) is 125 Å². The molecule has 0 N–H and O–H groups in total. The third-order valence-electron chi connectivity index (χ3n) is 7.26. The second-order valence-electron chi connectivity index (χ2n) is 10.9. The van der Waals surface area contributed by atoms with Crippen LogP contribution in [-0.2, 0) is 0 Å². The molecular formula is C36H38O4Si2. The maximum absolute atomic E-state index is 6.88. The van der Waals surface area contributed by atoms with Gasteiger partial charge in [-0.3, -0.25) is 0 Å². The van der Waals surface area contributed by atoms with E-state index in [2.05, 4.69) is 52.0 Å². The highest BCUT2D eigenvalue weighted by molar-refractivity contribution is 6.85. The molecule has 5 rings (SSSR count). The first-order chi connectivity index (χ1) is 20.4. The topological polar surface area (TPSA) is 36.9 Å². The maximum atomic E-state index is 6.88. The summed E-state index contributed by atoms with van der Waals surface area (Å²) in [4.78, 5) is 0. The van der Waals surface area contributed by atoms with Crippen LogP contribution in [0.1, 0.15) is 27.7 Å². The minimum absolute atomic E-state index is 0.108. The first-order valence-corrected chi connectivity index (χ1v) is 18.3. The van der Waals surface area contributed by atoms with Crippen molar-refractivity contribution in [2.24, 2.45) is 0 Å². The van der Waals surface area contributed by atoms with Gasteiger partial charge in [0.1, 0.15) is 23.0 Å². The zero-order valence-corrected chi connectivity index (χ0v) is 26.6. The highest BCUT2D eigenvalue weighted by atomic mass is 28.4. The van der Waals surface area contributed by atoms with Crippen molar-refractivity contribution in [3.05, 3.63) is 146 Å². The molecule has 0 fully saturated rings. The van der Waals surface area contributed by atoms with Crippen LogP contribution in [0.2, 0.25) is 11.1 Å². The van der Waals surface area contributed by atoms with Crippen LogP contribution >= 0.6 is 0 Å². The summed E-state index contributed by atoms with van der Waals surface area (Å²) in [5.41, 5.74) is 0.217. The van der Waals surface area contributed by atoms with Crippen molar-refractivity contribution in [3.8, 4) is 23.0 Å². The molecule has 4 nitrogen and oxygen atoms in total. The summed E-state index contributed by atoms with van der Waals surface area (Å²) in [7, 11) is -6.11. The Morgan fingerprint density at radius 1 is 0.333 bits per heavy atom. The first kappa shape index (κ1) is 29.2. The lowest BCUT2D eigenvalue weighted by Gasteiger charge is -2.37. The number of para-hydroxylation sites is 4. The van der Waals surface area contributed by atoms with E-state index in [0.717, 1.165) is 33.4 Å². The Morgan fingerprint density at radius 2 is 0.548 bits per heavy atom. The summed E-state index contributed by atoms with van der Waals surface area (Å²) in [6, 6.07) is 48.4. The van der Waals surface area contributed by atoms with E-state index in [1.807, 2.05) is 121 Å². The van der Waals surface area contributed by atoms with E-state index in [4.69, 9.17) is 17.7 Å². The Labute approximate surface area is 252 Å². The van der Waals surface area contributed by atoms with Crippen molar-refractivity contribution in [2.45, 2.75) is 38.8 Å². The summed E-state index contributed by atoms with van der Waals surface area (Å²) in [6.45, 7) is 8.71. The van der Waals surface area contributed by atoms with Crippen LogP contribution in [0, 0.1) is 0 Å². The summed E-state index contributed by atoms with van der Waals surface area (Å²) in [6.07, 6.45) is 0. The molecule has 0 atom stereocenters. The van der Waals surface area contributed by atoms with Crippen LogP contribution in [0.5, 0.6) is 23.0 Å². The normalized spacial score (nSPS) is 11.8. The Morgan fingerprint density at radius 3 is 0.738 bits per heavy atom. The standard InChI is InChI=1S/C36H38O4Si2/c1-29(2)41(37-31-17-9-5-10-18-31,38-32-19-11-6-12-20-32)35-25-27-36(28-26-35)42(30(3)4,39-33-21-13-7-14-22-33)40-34-23-15-8-16-24-34/h5-30H,1-4H3. The molecule has 42 heavy (non-hydrogen) atoms. The van der Waals surface area contributed by atoms with Crippen LogP contribution in [0.4, 0.5) is 0 Å². The zero-order chi connectivity index (χ0) is 29.4. The maximum Gasteiger partial charge on any atom is 0.498 e. The van der Waals surface area contributed by atoms with E-state index in [1.165, 1.54) is 0 Å². The molecule has 0 radical (unpaired) electrons. The van der Waals surface area contributed by atoms with Crippen molar-refractivity contribution < 1.29 is 17.7 Å². The summed E-state index contributed by atoms with van der Waals surface area (Å²) < 4.78 is 27.5. The van der Waals surface area contributed by atoms with Gasteiger partial charge in [0.2, 0.25) is 0 Å². The Balaban J connectivity index is 1.60. The Bertz CT molecular complexity index is 1310. The summed E-state index contributed by atoms with van der Waals surface area (Å²) in [5, 5.41) is 2.08. The molecule has 5 aromatic carbocycles. The van der Waals surface area contributed by atoms with Gasteiger partial charge in [-0.15, -0.1) is 0 Å². The number of benzene rings is 5. The van der Waals surface area contributed by atoms with Crippen molar-refractivity contribution in [2.75, 3.05) is 0 Å². The lowest BCUT2D eigenvalue weighted by Crippen LogP contribution is -2.64. The molecule has 0 aliphatic heterocycles. The molecule has 0 aliphatic carbocycles. The fourth-order valence-corrected chi connectivity index (χ4v) is 11.0. The van der Waals surface area contributed by atoms with Gasteiger partial charge in [0.25, 0.3) is 0 Å². The van der Waals surface area contributed by atoms with Crippen LogP contribution in [-0.4, -0.2) is 17.1 Å². The zero-order valence-electron chi connectivity index (χ0n) is 24.6. The second-order valence-corrected chi connectivity index (χ2v) is 17.8. The molecule has 0 saturated heterocycles. The fraction of sp³-hybridized carbons (Fsp3) is 0.167. The predicted molar refractivity (Wildman–Crippen MR) is 176 cm³/mol. The van der Waals surface area contributed by atoms with Gasteiger partial charge in [-0.25, -0.2) is 0 Å². The SMILES string of the molecule is CC(C)[Si](Oc1ccccc1)(Oc1ccccc1)c1ccc([Si](Oc2ccccc2)(Oc2ccccc2)C(C)C)cc1. The largest absolute Gasteiger partial charge is 0.509 e. The average Bonchev–Trinajstić information content (AvgIpc) is 3.02. The van der Waals surface area contributed by atoms with Gasteiger partial charge < -0.3 is 17.7 Å². The van der Waals surface area contributed by atoms with Gasteiger partial charge in [0.05, 0.1) is 0 Å². The predicted octanol–water partition coefficient (Wildman–Crippen LogP) is 8.12. The third-order valence-corrected chi connectivity index (χ3v) is 14.7. The van der Waals surface area contributed by atoms with Crippen molar-refractivity contribution >= 4 is 27.5 Å². The van der Waals surface area contributed by atoms with Crippen LogP contribution in [0.3, 0.4) is 0 Å². The lowest BCUT2D eigenvalue weighted by molar-refractivity contribution is 0.383. The van der Waals surface area contributed by atoms with E-state index >= 15 is 0 Å². The first-order valence-electron chi connectivity index (χ1n) is 14.5. The molecule has 6 heteroatoms. The highest BCUT2D eigenvalue weighted by Crippen LogP contribution is 2.31. The molecule has 0 heterocycles. The fourth-order valence-electron chi connectivity index (χ4n) is 5.00. The smallest absolute Gasteiger partial charge is 0.498 e. The second kappa shape index (κ2) is 13.1. The quantitative estimate of drug-likeness (QED) is 0.138. The number of hydrogen-bond donors (Lipinski definition) is 0. The molecule has 0 bridgehead atoms. The number of rotatable bonds is 12. The third kappa shape index (κ3) is 6.45. The van der Waals surface area contributed by atoms with E-state index in [9.17, 15) is 0 Å². The minimum Gasteiger partial charge on any atom is -0.509 e. The molecule has 0 aliphatic rings. The molecule has 0 amide bonds. The molecule has 5 aromatic rings. The van der Waals surface area contributed by atoms with Crippen molar-refractivity contribution in [3.63, 3.8) is 0 Å². The van der Waals surface area contributed by atoms with E-state index in [0.29, 0.717) is 0 Å². The van der Waals surface area contributed by atoms with Crippen LogP contribution < -0.4 is 28.1 Å². The van der Waals surface area contributed by atoms with Gasteiger partial charge in [0, 0.05) is 21.5 Å². The molecule has 0 unspecified atom stereocenters. The van der Waals surface area contributed by atoms with Crippen molar-refractivity contribution in [1.29, 1.82) is 0 Å². The molecular weight excluding hydrogens is 553 g/mol. The average molecular weight is 591 g/mol. The summed E-state index contributed by atoms with van der Waals surface area (Å²) >= 11 is 0. The highest BCUT2D eigenvalue weighted by Gasteiger charge is 2.51. The van der Waals surface area contributed by atoms with Gasteiger partial charge in [-0.05, 0) is 48.5 Å². The summed E-state index contributed by atoms with van der Waals surface area (Å²) in [5.74, 6) is 3.18.